The van der Waals surface area contributed by atoms with Gasteiger partial charge in [-0.1, -0.05) is 0 Å². The van der Waals surface area contributed by atoms with Gasteiger partial charge in [0.25, 0.3) is 0 Å². The summed E-state index contributed by atoms with van der Waals surface area (Å²) in [6.45, 7) is 4.97. The smallest absolute Gasteiger partial charge is 0.324 e. The van der Waals surface area contributed by atoms with Crippen LogP contribution in [0.4, 0.5) is 0 Å². The van der Waals surface area contributed by atoms with Crippen LogP contribution in [0.25, 0.3) is 0 Å². The van der Waals surface area contributed by atoms with Gasteiger partial charge in [-0.05, 0) is 26.8 Å². The van der Waals surface area contributed by atoms with Gasteiger partial charge in [0, 0.05) is 0 Å². The Bertz CT molecular complexity index is 514. The van der Waals surface area contributed by atoms with Gasteiger partial charge in [0.2, 0.25) is 10.0 Å². The average molecular weight is 291 g/mol. The molecule has 7 nitrogen and oxygen atoms in total. The Morgan fingerprint density at radius 1 is 1.53 bits per heavy atom. The number of carbonyl (C=O) groups is 1. The second kappa shape index (κ2) is 5.72. The summed E-state index contributed by atoms with van der Waals surface area (Å²) in [6, 6.07) is -0.134. The number of rotatable bonds is 6. The van der Waals surface area contributed by atoms with Crippen molar-refractivity contribution in [2.75, 3.05) is 6.61 Å². The minimum atomic E-state index is -3.93. The lowest BCUT2D eigenvalue weighted by Gasteiger charge is -2.22. The maximum atomic E-state index is 11.8. The van der Waals surface area contributed by atoms with Crippen LogP contribution in [0, 0.1) is 0 Å². The highest BCUT2D eigenvalue weighted by Gasteiger charge is 2.27. The van der Waals surface area contributed by atoms with Crippen molar-refractivity contribution in [1.29, 1.82) is 0 Å². The molecule has 0 bridgehead atoms. The van der Waals surface area contributed by atoms with Gasteiger partial charge in [0.1, 0.15) is 17.2 Å². The molecule has 0 aromatic carbocycles. The van der Waals surface area contributed by atoms with Crippen molar-refractivity contribution < 1.29 is 27.5 Å². The standard InChI is InChI=1S/C11H17NO6S/c1-11(2,3)18-7-9(10(13)14)12-19(15,16)8-4-5-17-6-8/h4-6,9,12H,7H2,1-3H3,(H,13,14)/t9-/m0/s1. The van der Waals surface area contributed by atoms with Crippen LogP contribution in [0.3, 0.4) is 0 Å². The number of aliphatic carboxylic acids is 1. The van der Waals surface area contributed by atoms with E-state index < -0.39 is 27.6 Å². The first-order valence-electron chi connectivity index (χ1n) is 5.53. The van der Waals surface area contributed by atoms with Crippen LogP contribution in [-0.2, 0) is 19.6 Å². The maximum Gasteiger partial charge on any atom is 0.324 e. The van der Waals surface area contributed by atoms with E-state index in [2.05, 4.69) is 9.14 Å². The first-order chi connectivity index (χ1) is 8.62. The SMILES string of the molecule is CC(C)(C)OC[C@H](NS(=O)(=O)c1ccoc1)C(=O)O. The third-order valence-electron chi connectivity index (χ3n) is 2.08. The van der Waals surface area contributed by atoms with Crippen LogP contribution >= 0.6 is 0 Å². The van der Waals surface area contributed by atoms with E-state index in [4.69, 9.17) is 9.84 Å². The molecule has 0 aliphatic rings. The maximum absolute atomic E-state index is 11.8. The van der Waals surface area contributed by atoms with E-state index in [1.54, 1.807) is 20.8 Å². The molecule has 0 aliphatic carbocycles. The molecular formula is C11H17NO6S. The molecule has 1 heterocycles. The van der Waals surface area contributed by atoms with Crippen molar-refractivity contribution in [3.63, 3.8) is 0 Å². The van der Waals surface area contributed by atoms with Gasteiger partial charge < -0.3 is 14.3 Å². The van der Waals surface area contributed by atoms with Crippen molar-refractivity contribution in [2.24, 2.45) is 0 Å². The van der Waals surface area contributed by atoms with Gasteiger partial charge in [0.05, 0.1) is 18.5 Å². The minimum absolute atomic E-state index is 0.130. The molecule has 108 valence electrons. The molecule has 1 atom stereocenters. The lowest BCUT2D eigenvalue weighted by molar-refractivity contribution is -0.142. The van der Waals surface area contributed by atoms with Crippen molar-refractivity contribution in [2.45, 2.75) is 37.3 Å². The average Bonchev–Trinajstić information content (AvgIpc) is 2.76. The predicted octanol–water partition coefficient (Wildman–Crippen LogP) is 0.826. The van der Waals surface area contributed by atoms with Crippen LogP contribution < -0.4 is 4.72 Å². The van der Waals surface area contributed by atoms with E-state index in [9.17, 15) is 13.2 Å². The Hall–Kier alpha value is -1.38. The summed E-state index contributed by atoms with van der Waals surface area (Å²) in [5.74, 6) is -1.31. The molecule has 19 heavy (non-hydrogen) atoms. The second-order valence-corrected chi connectivity index (χ2v) is 6.61. The normalized spacial score (nSPS) is 14.3. The largest absolute Gasteiger partial charge is 0.480 e. The van der Waals surface area contributed by atoms with E-state index in [1.807, 2.05) is 0 Å². The highest BCUT2D eigenvalue weighted by Crippen LogP contribution is 2.11. The molecule has 0 fully saturated rings. The van der Waals surface area contributed by atoms with Gasteiger partial charge in [0.15, 0.2) is 0 Å². The third kappa shape index (κ3) is 5.01. The zero-order valence-corrected chi connectivity index (χ0v) is 11.7. The molecule has 0 saturated heterocycles. The predicted molar refractivity (Wildman–Crippen MR) is 66.2 cm³/mol. The van der Waals surface area contributed by atoms with Crippen LogP contribution in [0.15, 0.2) is 27.9 Å². The molecule has 1 rings (SSSR count). The fourth-order valence-electron chi connectivity index (χ4n) is 1.15. The topological polar surface area (TPSA) is 106 Å². The molecular weight excluding hydrogens is 274 g/mol. The zero-order valence-electron chi connectivity index (χ0n) is 10.9. The molecule has 8 heteroatoms. The van der Waals surface area contributed by atoms with Crippen LogP contribution in [0.1, 0.15) is 20.8 Å². The lowest BCUT2D eigenvalue weighted by Crippen LogP contribution is -2.45. The fraction of sp³-hybridized carbons (Fsp3) is 0.545. The van der Waals surface area contributed by atoms with Crippen molar-refractivity contribution in [1.82, 2.24) is 4.72 Å². The van der Waals surface area contributed by atoms with Gasteiger partial charge in [-0.15, -0.1) is 0 Å². The van der Waals surface area contributed by atoms with Gasteiger partial charge in [-0.25, -0.2) is 8.42 Å². The number of carboxylic acid groups (broad SMARTS) is 1. The van der Waals surface area contributed by atoms with E-state index in [0.717, 1.165) is 6.26 Å². The summed E-state index contributed by atoms with van der Waals surface area (Å²) in [4.78, 5) is 10.9. The number of ether oxygens (including phenoxy) is 1. The Balaban J connectivity index is 2.77. The monoisotopic (exact) mass is 291 g/mol. The molecule has 1 aromatic rings. The summed E-state index contributed by atoms with van der Waals surface area (Å²) >= 11 is 0. The first kappa shape index (κ1) is 15.7. The Kier molecular flexibility index (Phi) is 4.72. The van der Waals surface area contributed by atoms with Gasteiger partial charge in [-0.2, -0.15) is 4.72 Å². The molecule has 1 aromatic heterocycles. The quantitative estimate of drug-likeness (QED) is 0.804. The minimum Gasteiger partial charge on any atom is -0.480 e. The van der Waals surface area contributed by atoms with Gasteiger partial charge >= 0.3 is 5.97 Å². The Morgan fingerprint density at radius 3 is 2.58 bits per heavy atom. The van der Waals surface area contributed by atoms with Crippen molar-refractivity contribution in [3.8, 4) is 0 Å². The zero-order chi connectivity index (χ0) is 14.7. The molecule has 0 unspecified atom stereocenters. The van der Waals surface area contributed by atoms with Crippen molar-refractivity contribution in [3.05, 3.63) is 18.6 Å². The lowest BCUT2D eigenvalue weighted by atomic mass is 10.2. The van der Waals surface area contributed by atoms with E-state index in [1.165, 1.54) is 12.3 Å². The molecule has 2 N–H and O–H groups in total. The Morgan fingerprint density at radius 2 is 2.16 bits per heavy atom. The number of sulfonamides is 1. The number of hydrogen-bond acceptors (Lipinski definition) is 5. The van der Waals surface area contributed by atoms with Crippen molar-refractivity contribution >= 4 is 16.0 Å². The number of hydrogen-bond donors (Lipinski definition) is 2. The number of carboxylic acids is 1. The molecule has 0 saturated carbocycles. The number of furan rings is 1. The summed E-state index contributed by atoms with van der Waals surface area (Å²) < 4.78 is 35.7. The molecule has 0 spiro atoms. The summed E-state index contributed by atoms with van der Waals surface area (Å²) in [5, 5.41) is 9.00. The van der Waals surface area contributed by atoms with E-state index >= 15 is 0 Å². The second-order valence-electron chi connectivity index (χ2n) is 4.89. The third-order valence-corrected chi connectivity index (χ3v) is 3.53. The van der Waals surface area contributed by atoms with E-state index in [-0.39, 0.29) is 11.5 Å². The summed E-state index contributed by atoms with van der Waals surface area (Å²) in [6.07, 6.45) is 2.21. The first-order valence-corrected chi connectivity index (χ1v) is 7.01. The summed E-state index contributed by atoms with van der Waals surface area (Å²) in [7, 11) is -3.93. The highest BCUT2D eigenvalue weighted by atomic mass is 32.2. The Labute approximate surface area is 111 Å². The number of nitrogens with one attached hydrogen (secondary N) is 1. The van der Waals surface area contributed by atoms with Crippen LogP contribution in [0.5, 0.6) is 0 Å². The molecule has 0 radical (unpaired) electrons. The summed E-state index contributed by atoms with van der Waals surface area (Å²) in [5.41, 5.74) is -0.561. The van der Waals surface area contributed by atoms with Crippen LogP contribution in [-0.4, -0.2) is 37.7 Å². The fourth-order valence-corrected chi connectivity index (χ4v) is 2.25. The highest BCUT2D eigenvalue weighted by molar-refractivity contribution is 7.89. The molecule has 0 aliphatic heterocycles. The van der Waals surface area contributed by atoms with Crippen LogP contribution in [0.2, 0.25) is 0 Å². The molecule has 0 amide bonds. The van der Waals surface area contributed by atoms with Gasteiger partial charge in [-0.3, -0.25) is 4.79 Å². The van der Waals surface area contributed by atoms with E-state index in [0.29, 0.717) is 0 Å².